The summed E-state index contributed by atoms with van der Waals surface area (Å²) in [5.74, 6) is -0.825. The van der Waals surface area contributed by atoms with Crippen LogP contribution in [0.25, 0.3) is 0 Å². The van der Waals surface area contributed by atoms with Crippen LogP contribution < -0.4 is 4.72 Å². The van der Waals surface area contributed by atoms with Crippen LogP contribution >= 0.6 is 0 Å². The van der Waals surface area contributed by atoms with Crippen LogP contribution in [-0.4, -0.2) is 42.4 Å². The zero-order chi connectivity index (χ0) is 15.5. The second-order valence-electron chi connectivity index (χ2n) is 6.51. The molecule has 0 amide bonds. The second kappa shape index (κ2) is 6.62. The highest BCUT2D eigenvalue weighted by Crippen LogP contribution is 2.33. The van der Waals surface area contributed by atoms with Gasteiger partial charge in [-0.05, 0) is 31.6 Å². The van der Waals surface area contributed by atoms with Crippen LogP contribution in [0.5, 0.6) is 0 Å². The van der Waals surface area contributed by atoms with E-state index in [9.17, 15) is 18.3 Å². The molecule has 2 unspecified atom stereocenters. The minimum absolute atomic E-state index is 0.224. The number of hydrogen-bond acceptors (Lipinski definition) is 3. The molecular weight excluding hydrogens is 292 g/mol. The fourth-order valence-corrected chi connectivity index (χ4v) is 5.11. The standard InChI is InChI=1S/C14H26N2O4S/c1-12-7-6-8-14(11-12,13(17)18)15-21(19,20)16-9-4-2-3-5-10-16/h12,15H,2-11H2,1H3,(H,17,18). The van der Waals surface area contributed by atoms with E-state index < -0.39 is 21.7 Å². The van der Waals surface area contributed by atoms with Gasteiger partial charge < -0.3 is 5.11 Å². The Morgan fingerprint density at radius 3 is 2.33 bits per heavy atom. The molecule has 2 atom stereocenters. The van der Waals surface area contributed by atoms with Gasteiger partial charge in [0, 0.05) is 13.1 Å². The van der Waals surface area contributed by atoms with Crippen LogP contribution in [0, 0.1) is 5.92 Å². The van der Waals surface area contributed by atoms with Gasteiger partial charge in [-0.2, -0.15) is 17.4 Å². The predicted molar refractivity (Wildman–Crippen MR) is 80.1 cm³/mol. The molecule has 2 fully saturated rings. The van der Waals surface area contributed by atoms with Crippen molar-refractivity contribution in [3.8, 4) is 0 Å². The van der Waals surface area contributed by atoms with Gasteiger partial charge in [0.15, 0.2) is 0 Å². The van der Waals surface area contributed by atoms with Gasteiger partial charge >= 0.3 is 5.97 Å². The Balaban J connectivity index is 2.17. The van der Waals surface area contributed by atoms with Crippen molar-refractivity contribution < 1.29 is 18.3 Å². The van der Waals surface area contributed by atoms with Gasteiger partial charge in [-0.15, -0.1) is 0 Å². The Hall–Kier alpha value is -0.660. The molecule has 1 heterocycles. The van der Waals surface area contributed by atoms with Gasteiger partial charge in [0.2, 0.25) is 0 Å². The number of carboxylic acids is 1. The Morgan fingerprint density at radius 1 is 1.19 bits per heavy atom. The molecule has 0 radical (unpaired) electrons. The van der Waals surface area contributed by atoms with Crippen molar-refractivity contribution in [3.05, 3.63) is 0 Å². The highest BCUT2D eigenvalue weighted by molar-refractivity contribution is 7.87. The summed E-state index contributed by atoms with van der Waals surface area (Å²) in [6.45, 7) is 2.96. The van der Waals surface area contributed by atoms with Gasteiger partial charge in [0.05, 0.1) is 0 Å². The van der Waals surface area contributed by atoms with Gasteiger partial charge in [0.25, 0.3) is 10.2 Å². The molecule has 21 heavy (non-hydrogen) atoms. The van der Waals surface area contributed by atoms with Gasteiger partial charge in [-0.25, -0.2) is 0 Å². The SMILES string of the molecule is CC1CCCC(NS(=O)(=O)N2CCCCCC2)(C(=O)O)C1. The van der Waals surface area contributed by atoms with Gasteiger partial charge in [-0.3, -0.25) is 4.79 Å². The number of carbonyl (C=O) groups is 1. The first-order chi connectivity index (χ1) is 9.86. The quantitative estimate of drug-likeness (QED) is 0.826. The van der Waals surface area contributed by atoms with Crippen LogP contribution in [0.2, 0.25) is 0 Å². The molecule has 1 aliphatic carbocycles. The molecule has 122 valence electrons. The molecule has 1 saturated heterocycles. The lowest BCUT2D eigenvalue weighted by Crippen LogP contribution is -2.59. The Kier molecular flexibility index (Phi) is 5.27. The van der Waals surface area contributed by atoms with E-state index in [0.717, 1.165) is 38.5 Å². The third-order valence-corrected chi connectivity index (χ3v) is 6.33. The minimum Gasteiger partial charge on any atom is -0.480 e. The van der Waals surface area contributed by atoms with Crippen LogP contribution in [0.15, 0.2) is 0 Å². The zero-order valence-corrected chi connectivity index (χ0v) is 13.5. The molecule has 0 bridgehead atoms. The summed E-state index contributed by atoms with van der Waals surface area (Å²) in [6.07, 6.45) is 6.21. The summed E-state index contributed by atoms with van der Waals surface area (Å²) >= 11 is 0. The van der Waals surface area contributed by atoms with Crippen LogP contribution in [-0.2, 0) is 15.0 Å². The van der Waals surface area contributed by atoms with Gasteiger partial charge in [0.1, 0.15) is 5.54 Å². The Morgan fingerprint density at radius 2 is 1.81 bits per heavy atom. The molecule has 2 N–H and O–H groups in total. The van der Waals surface area contributed by atoms with E-state index in [1.807, 2.05) is 6.92 Å². The first kappa shape index (κ1) is 16.7. The number of nitrogens with one attached hydrogen (secondary N) is 1. The van der Waals surface area contributed by atoms with Crippen LogP contribution in [0.1, 0.15) is 58.3 Å². The summed E-state index contributed by atoms with van der Waals surface area (Å²) < 4.78 is 29.1. The molecule has 7 heteroatoms. The van der Waals surface area contributed by atoms with E-state index in [0.29, 0.717) is 25.9 Å². The highest BCUT2D eigenvalue weighted by Gasteiger charge is 2.46. The van der Waals surface area contributed by atoms with Crippen molar-refractivity contribution in [1.29, 1.82) is 0 Å². The molecule has 2 rings (SSSR count). The van der Waals surface area contributed by atoms with E-state index in [4.69, 9.17) is 0 Å². The number of nitrogens with zero attached hydrogens (tertiary/aromatic N) is 1. The van der Waals surface area contributed by atoms with Crippen molar-refractivity contribution in [2.24, 2.45) is 5.92 Å². The van der Waals surface area contributed by atoms with Crippen molar-refractivity contribution in [2.45, 2.75) is 63.8 Å². The Labute approximate surface area is 127 Å². The number of aliphatic carboxylic acids is 1. The first-order valence-corrected chi connectivity index (χ1v) is 9.32. The molecule has 0 aromatic rings. The average molecular weight is 318 g/mol. The third kappa shape index (κ3) is 3.96. The molecule has 2 aliphatic rings. The Bertz CT molecular complexity index is 471. The molecule has 1 saturated carbocycles. The molecule has 1 aliphatic heterocycles. The number of rotatable bonds is 4. The monoisotopic (exact) mass is 318 g/mol. The average Bonchev–Trinajstić information content (AvgIpc) is 2.67. The number of hydrogen-bond donors (Lipinski definition) is 2. The van der Waals surface area contributed by atoms with Crippen molar-refractivity contribution in [2.75, 3.05) is 13.1 Å². The topological polar surface area (TPSA) is 86.7 Å². The largest absolute Gasteiger partial charge is 0.480 e. The predicted octanol–water partition coefficient (Wildman–Crippen LogP) is 1.73. The van der Waals surface area contributed by atoms with Crippen molar-refractivity contribution >= 4 is 16.2 Å². The maximum Gasteiger partial charge on any atom is 0.324 e. The van der Waals surface area contributed by atoms with Crippen molar-refractivity contribution in [3.63, 3.8) is 0 Å². The maximum absolute atomic E-state index is 12.6. The maximum atomic E-state index is 12.6. The highest BCUT2D eigenvalue weighted by atomic mass is 32.2. The van der Waals surface area contributed by atoms with E-state index in [1.54, 1.807) is 0 Å². The van der Waals surface area contributed by atoms with Crippen LogP contribution in [0.3, 0.4) is 0 Å². The van der Waals surface area contributed by atoms with E-state index in [2.05, 4.69) is 4.72 Å². The van der Waals surface area contributed by atoms with Gasteiger partial charge in [-0.1, -0.05) is 32.6 Å². The summed E-state index contributed by atoms with van der Waals surface area (Å²) in [5.41, 5.74) is -1.33. The lowest BCUT2D eigenvalue weighted by molar-refractivity contribution is -0.146. The number of carboxylic acid groups (broad SMARTS) is 1. The van der Waals surface area contributed by atoms with E-state index in [-0.39, 0.29) is 5.92 Å². The summed E-state index contributed by atoms with van der Waals surface area (Å²) in [7, 11) is -3.73. The smallest absolute Gasteiger partial charge is 0.324 e. The lowest BCUT2D eigenvalue weighted by Gasteiger charge is -2.38. The van der Waals surface area contributed by atoms with Crippen LogP contribution in [0.4, 0.5) is 0 Å². The lowest BCUT2D eigenvalue weighted by atomic mass is 9.77. The molecule has 6 nitrogen and oxygen atoms in total. The molecule has 0 aromatic heterocycles. The third-order valence-electron chi connectivity index (χ3n) is 4.64. The van der Waals surface area contributed by atoms with Crippen molar-refractivity contribution in [1.82, 2.24) is 9.03 Å². The summed E-state index contributed by atoms with van der Waals surface area (Å²) in [6, 6.07) is 0. The minimum atomic E-state index is -3.73. The molecule has 0 aromatic carbocycles. The fraction of sp³-hybridized carbons (Fsp3) is 0.929. The second-order valence-corrected chi connectivity index (χ2v) is 8.18. The first-order valence-electron chi connectivity index (χ1n) is 7.88. The summed E-state index contributed by atoms with van der Waals surface area (Å²) in [5, 5.41) is 9.58. The molecular formula is C14H26N2O4S. The normalized spacial score (nSPS) is 32.5. The molecule has 0 spiro atoms. The van der Waals surface area contributed by atoms with E-state index in [1.165, 1.54) is 4.31 Å². The fourth-order valence-electron chi connectivity index (χ4n) is 3.48. The zero-order valence-electron chi connectivity index (χ0n) is 12.7. The summed E-state index contributed by atoms with van der Waals surface area (Å²) in [4.78, 5) is 11.7. The van der Waals surface area contributed by atoms with E-state index >= 15 is 0 Å².